The van der Waals surface area contributed by atoms with E-state index in [1.165, 1.54) is 0 Å². The fraction of sp³-hybridized carbons (Fsp3) is 0.182. The Bertz CT molecular complexity index is 550. The van der Waals surface area contributed by atoms with Crippen LogP contribution in [0.25, 0.3) is 22.5 Å². The molecule has 0 aliphatic heterocycles. The third-order valence-corrected chi connectivity index (χ3v) is 2.16. The number of hydrogen-bond acceptors (Lipinski definition) is 4. The van der Waals surface area contributed by atoms with E-state index in [9.17, 15) is 0 Å². The molecule has 2 aromatic rings. The lowest BCUT2D eigenvalue weighted by molar-refractivity contribution is 0.923. The fourth-order valence-electron chi connectivity index (χ4n) is 1.32. The van der Waals surface area contributed by atoms with Gasteiger partial charge in [-0.15, -0.1) is 0 Å². The molecule has 7 heteroatoms. The third kappa shape index (κ3) is 3.16. The van der Waals surface area contributed by atoms with Crippen LogP contribution in [0.2, 0.25) is 0 Å². The molecule has 0 aliphatic carbocycles. The van der Waals surface area contributed by atoms with Gasteiger partial charge in [0.05, 0.1) is 0 Å². The molecule has 2 heterocycles. The summed E-state index contributed by atoms with van der Waals surface area (Å²) in [5.41, 5.74) is 9.01. The average Bonchev–Trinajstić information content (AvgIpc) is 2.93. The van der Waals surface area contributed by atoms with Crippen LogP contribution in [-0.2, 0) is 0 Å². The highest BCUT2D eigenvalue weighted by molar-refractivity contribution is 5.46. The van der Waals surface area contributed by atoms with Crippen LogP contribution in [0.3, 0.4) is 0 Å². The summed E-state index contributed by atoms with van der Waals surface area (Å²) in [5.74, 6) is 0.582. The van der Waals surface area contributed by atoms with Gasteiger partial charge in [-0.2, -0.15) is 0 Å². The lowest BCUT2D eigenvalue weighted by Gasteiger charge is -1.99. The molecule has 0 spiro atoms. The SMILES string of the molecule is [N-]=[N+]=NCCC=Cc1cnc(-n2ccnc2)nc1. The van der Waals surface area contributed by atoms with Gasteiger partial charge in [-0.3, -0.25) is 4.57 Å². The van der Waals surface area contributed by atoms with Crippen molar-refractivity contribution in [3.8, 4) is 5.95 Å². The Morgan fingerprint density at radius 2 is 2.22 bits per heavy atom. The summed E-state index contributed by atoms with van der Waals surface area (Å²) >= 11 is 0. The van der Waals surface area contributed by atoms with Crippen molar-refractivity contribution in [3.05, 3.63) is 53.2 Å². The third-order valence-electron chi connectivity index (χ3n) is 2.16. The molecule has 0 bridgehead atoms. The first kappa shape index (κ1) is 11.8. The van der Waals surface area contributed by atoms with Gasteiger partial charge in [0.1, 0.15) is 6.33 Å². The van der Waals surface area contributed by atoms with E-state index in [1.54, 1.807) is 35.7 Å². The summed E-state index contributed by atoms with van der Waals surface area (Å²) in [7, 11) is 0. The number of hydrogen-bond donors (Lipinski definition) is 0. The van der Waals surface area contributed by atoms with Crippen molar-refractivity contribution in [1.29, 1.82) is 0 Å². The van der Waals surface area contributed by atoms with Crippen LogP contribution >= 0.6 is 0 Å². The van der Waals surface area contributed by atoms with Gasteiger partial charge in [-0.1, -0.05) is 17.3 Å². The molecule has 0 amide bonds. The van der Waals surface area contributed by atoms with E-state index in [0.717, 1.165) is 5.56 Å². The quantitative estimate of drug-likeness (QED) is 0.348. The van der Waals surface area contributed by atoms with E-state index in [1.807, 2.05) is 12.2 Å². The molecule has 0 saturated carbocycles. The van der Waals surface area contributed by atoms with Crippen molar-refractivity contribution in [2.24, 2.45) is 5.11 Å². The molecule has 18 heavy (non-hydrogen) atoms. The van der Waals surface area contributed by atoms with Crippen LogP contribution in [0.1, 0.15) is 12.0 Å². The molecule has 2 aromatic heterocycles. The van der Waals surface area contributed by atoms with Crippen molar-refractivity contribution in [1.82, 2.24) is 19.5 Å². The highest BCUT2D eigenvalue weighted by atomic mass is 15.2. The fourth-order valence-corrected chi connectivity index (χ4v) is 1.32. The number of azide groups is 1. The first-order valence-corrected chi connectivity index (χ1v) is 5.38. The zero-order chi connectivity index (χ0) is 12.6. The summed E-state index contributed by atoms with van der Waals surface area (Å²) in [6.07, 6.45) is 13.1. The van der Waals surface area contributed by atoms with E-state index in [-0.39, 0.29) is 0 Å². The van der Waals surface area contributed by atoms with Gasteiger partial charge in [-0.05, 0) is 12.0 Å². The summed E-state index contributed by atoms with van der Waals surface area (Å²) in [6.45, 7) is 0.459. The molecule has 0 N–H and O–H groups in total. The Labute approximate surface area is 103 Å². The monoisotopic (exact) mass is 241 g/mol. The molecule has 0 aliphatic rings. The van der Waals surface area contributed by atoms with Gasteiger partial charge >= 0.3 is 0 Å². The minimum Gasteiger partial charge on any atom is -0.274 e. The van der Waals surface area contributed by atoms with Crippen LogP contribution in [-0.4, -0.2) is 26.1 Å². The van der Waals surface area contributed by atoms with Crippen molar-refractivity contribution < 1.29 is 0 Å². The van der Waals surface area contributed by atoms with Crippen molar-refractivity contribution in [2.45, 2.75) is 6.42 Å². The number of rotatable bonds is 5. The zero-order valence-electron chi connectivity index (χ0n) is 9.59. The standard InChI is InChI=1S/C11H11N7/c12-17-16-4-2-1-3-10-7-14-11(15-8-10)18-6-5-13-9-18/h1,3,5-9H,2,4H2. The molecule has 0 aromatic carbocycles. The maximum atomic E-state index is 8.11. The van der Waals surface area contributed by atoms with Crippen LogP contribution in [0.15, 0.2) is 42.3 Å². The summed E-state index contributed by atoms with van der Waals surface area (Å²) < 4.78 is 1.73. The maximum absolute atomic E-state index is 8.11. The Hall–Kier alpha value is -2.66. The Kier molecular flexibility index (Phi) is 4.05. The number of aromatic nitrogens is 4. The topological polar surface area (TPSA) is 92.4 Å². The van der Waals surface area contributed by atoms with Crippen LogP contribution in [0.4, 0.5) is 0 Å². The highest BCUT2D eigenvalue weighted by Gasteiger charge is 1.97. The molecule has 0 radical (unpaired) electrons. The van der Waals surface area contributed by atoms with Crippen LogP contribution in [0.5, 0.6) is 0 Å². The Balaban J connectivity index is 1.97. The summed E-state index contributed by atoms with van der Waals surface area (Å²) in [4.78, 5) is 15.0. The molecule has 2 rings (SSSR count). The lowest BCUT2D eigenvalue weighted by atomic mass is 10.3. The Morgan fingerprint density at radius 1 is 1.39 bits per heavy atom. The molecule has 0 unspecified atom stereocenters. The second-order valence-electron chi connectivity index (χ2n) is 3.43. The molecular weight excluding hydrogens is 230 g/mol. The summed E-state index contributed by atoms with van der Waals surface area (Å²) in [6, 6.07) is 0. The first-order valence-electron chi connectivity index (χ1n) is 5.38. The maximum Gasteiger partial charge on any atom is 0.234 e. The normalized spacial score (nSPS) is 10.4. The van der Waals surface area contributed by atoms with Gasteiger partial charge < -0.3 is 0 Å². The predicted molar refractivity (Wildman–Crippen MR) is 66.8 cm³/mol. The molecule has 0 atom stereocenters. The first-order chi connectivity index (χ1) is 8.90. The summed E-state index contributed by atoms with van der Waals surface area (Å²) in [5, 5.41) is 3.44. The minimum atomic E-state index is 0.459. The van der Waals surface area contributed by atoms with E-state index < -0.39 is 0 Å². The second-order valence-corrected chi connectivity index (χ2v) is 3.43. The molecule has 90 valence electrons. The Morgan fingerprint density at radius 3 is 2.89 bits per heavy atom. The minimum absolute atomic E-state index is 0.459. The largest absolute Gasteiger partial charge is 0.274 e. The van der Waals surface area contributed by atoms with E-state index in [0.29, 0.717) is 18.9 Å². The van der Waals surface area contributed by atoms with Gasteiger partial charge in [0.2, 0.25) is 5.95 Å². The van der Waals surface area contributed by atoms with Crippen molar-refractivity contribution in [2.75, 3.05) is 6.54 Å². The lowest BCUT2D eigenvalue weighted by Crippen LogP contribution is -1.97. The van der Waals surface area contributed by atoms with E-state index >= 15 is 0 Å². The molecule has 0 saturated heterocycles. The van der Waals surface area contributed by atoms with E-state index in [2.05, 4.69) is 25.0 Å². The van der Waals surface area contributed by atoms with Gasteiger partial charge in [0.25, 0.3) is 0 Å². The molecule has 0 fully saturated rings. The van der Waals surface area contributed by atoms with Gasteiger partial charge in [-0.25, -0.2) is 15.0 Å². The van der Waals surface area contributed by atoms with Gasteiger partial charge in [0, 0.05) is 41.8 Å². The molecular formula is C11H11N7. The van der Waals surface area contributed by atoms with E-state index in [4.69, 9.17) is 5.53 Å². The smallest absolute Gasteiger partial charge is 0.234 e. The highest BCUT2D eigenvalue weighted by Crippen LogP contribution is 2.03. The van der Waals surface area contributed by atoms with Gasteiger partial charge in [0.15, 0.2) is 0 Å². The number of nitrogens with zero attached hydrogens (tertiary/aromatic N) is 7. The van der Waals surface area contributed by atoms with Crippen LogP contribution < -0.4 is 0 Å². The second kappa shape index (κ2) is 6.17. The van der Waals surface area contributed by atoms with Crippen LogP contribution in [0, 0.1) is 0 Å². The number of imidazole rings is 1. The zero-order valence-corrected chi connectivity index (χ0v) is 9.59. The van der Waals surface area contributed by atoms with Crippen molar-refractivity contribution >= 4 is 6.08 Å². The predicted octanol–water partition coefficient (Wildman–Crippen LogP) is 2.38. The average molecular weight is 241 g/mol. The van der Waals surface area contributed by atoms with Crippen molar-refractivity contribution in [3.63, 3.8) is 0 Å². The molecule has 7 nitrogen and oxygen atoms in total.